The van der Waals surface area contributed by atoms with Crippen molar-refractivity contribution >= 4 is 18.0 Å². The molecule has 0 amide bonds. The highest BCUT2D eigenvalue weighted by Crippen LogP contribution is 2.37. The standard InChI is InChI=1S/C9H16OS/c1-2-11-9(8-10)6-4-3-5-7-9/h8H,2-7H2,1H3. The molecular formula is C9H16OS. The van der Waals surface area contributed by atoms with Gasteiger partial charge in [0.1, 0.15) is 6.29 Å². The normalized spacial score (nSPS) is 23.0. The molecular weight excluding hydrogens is 156 g/mol. The quantitative estimate of drug-likeness (QED) is 0.609. The Labute approximate surface area is 72.9 Å². The number of rotatable bonds is 3. The zero-order chi connectivity index (χ0) is 8.16. The second-order valence-corrected chi connectivity index (χ2v) is 4.86. The molecule has 0 aromatic rings. The van der Waals surface area contributed by atoms with Gasteiger partial charge < -0.3 is 4.79 Å². The van der Waals surface area contributed by atoms with Gasteiger partial charge in [-0.2, -0.15) is 0 Å². The summed E-state index contributed by atoms with van der Waals surface area (Å²) in [5.74, 6) is 1.07. The van der Waals surface area contributed by atoms with Crippen LogP contribution in [0.25, 0.3) is 0 Å². The van der Waals surface area contributed by atoms with Gasteiger partial charge in [0, 0.05) is 0 Å². The fraction of sp³-hybridized carbons (Fsp3) is 0.889. The van der Waals surface area contributed by atoms with Crippen molar-refractivity contribution in [2.24, 2.45) is 0 Å². The second-order valence-electron chi connectivity index (χ2n) is 3.18. The summed E-state index contributed by atoms with van der Waals surface area (Å²) in [7, 11) is 0. The molecule has 0 heterocycles. The van der Waals surface area contributed by atoms with Gasteiger partial charge >= 0.3 is 0 Å². The van der Waals surface area contributed by atoms with Crippen molar-refractivity contribution in [2.75, 3.05) is 5.75 Å². The van der Waals surface area contributed by atoms with Crippen LogP contribution in [0.15, 0.2) is 0 Å². The maximum absolute atomic E-state index is 10.9. The van der Waals surface area contributed by atoms with Crippen LogP contribution >= 0.6 is 11.8 Å². The Hall–Kier alpha value is 0.0200. The molecule has 1 nitrogen and oxygen atoms in total. The maximum atomic E-state index is 10.9. The van der Waals surface area contributed by atoms with E-state index in [-0.39, 0.29) is 4.75 Å². The third-order valence-corrected chi connectivity index (χ3v) is 3.71. The average Bonchev–Trinajstić information content (AvgIpc) is 2.07. The van der Waals surface area contributed by atoms with Gasteiger partial charge in [-0.1, -0.05) is 26.2 Å². The van der Waals surface area contributed by atoms with Gasteiger partial charge in [-0.15, -0.1) is 11.8 Å². The number of hydrogen-bond acceptors (Lipinski definition) is 2. The lowest BCUT2D eigenvalue weighted by Crippen LogP contribution is -2.29. The van der Waals surface area contributed by atoms with E-state index >= 15 is 0 Å². The first kappa shape index (κ1) is 9.11. The summed E-state index contributed by atoms with van der Waals surface area (Å²) < 4.78 is 0.00694. The number of thioether (sulfide) groups is 1. The first-order valence-corrected chi connectivity index (χ1v) is 5.42. The fourth-order valence-electron chi connectivity index (χ4n) is 1.73. The van der Waals surface area contributed by atoms with Crippen LogP contribution in [0, 0.1) is 0 Å². The van der Waals surface area contributed by atoms with E-state index in [1.54, 1.807) is 0 Å². The summed E-state index contributed by atoms with van der Waals surface area (Å²) in [5, 5.41) is 0. The zero-order valence-corrected chi connectivity index (χ0v) is 7.95. The number of aldehydes is 1. The molecule has 1 saturated carbocycles. The summed E-state index contributed by atoms with van der Waals surface area (Å²) in [5.41, 5.74) is 0. The summed E-state index contributed by atoms with van der Waals surface area (Å²) in [6.45, 7) is 2.13. The Balaban J connectivity index is 2.49. The van der Waals surface area contributed by atoms with Crippen LogP contribution in [0.4, 0.5) is 0 Å². The molecule has 0 saturated heterocycles. The molecule has 64 valence electrons. The molecule has 1 aliphatic rings. The van der Waals surface area contributed by atoms with E-state index in [0.29, 0.717) is 0 Å². The number of carbonyl (C=O) groups excluding carboxylic acids is 1. The second kappa shape index (κ2) is 4.15. The molecule has 1 fully saturated rings. The Morgan fingerprint density at radius 1 is 1.36 bits per heavy atom. The molecule has 0 aliphatic heterocycles. The van der Waals surface area contributed by atoms with Crippen LogP contribution in [0.2, 0.25) is 0 Å². The van der Waals surface area contributed by atoms with Crippen LogP contribution in [0.5, 0.6) is 0 Å². The van der Waals surface area contributed by atoms with E-state index in [1.807, 2.05) is 11.8 Å². The van der Waals surface area contributed by atoms with Crippen molar-refractivity contribution in [2.45, 2.75) is 43.8 Å². The zero-order valence-electron chi connectivity index (χ0n) is 7.14. The molecule has 1 rings (SSSR count). The van der Waals surface area contributed by atoms with Crippen molar-refractivity contribution in [3.05, 3.63) is 0 Å². The fourth-order valence-corrected chi connectivity index (χ4v) is 2.95. The van der Waals surface area contributed by atoms with Crippen molar-refractivity contribution < 1.29 is 4.79 Å². The van der Waals surface area contributed by atoms with Crippen LogP contribution in [0.1, 0.15) is 39.0 Å². The van der Waals surface area contributed by atoms with Crippen LogP contribution in [-0.4, -0.2) is 16.8 Å². The topological polar surface area (TPSA) is 17.1 Å². The van der Waals surface area contributed by atoms with E-state index < -0.39 is 0 Å². The molecule has 0 spiro atoms. The third-order valence-electron chi connectivity index (χ3n) is 2.35. The van der Waals surface area contributed by atoms with Gasteiger partial charge in [-0.25, -0.2) is 0 Å². The van der Waals surface area contributed by atoms with E-state index in [2.05, 4.69) is 6.92 Å². The molecule has 0 bridgehead atoms. The van der Waals surface area contributed by atoms with Gasteiger partial charge in [0.25, 0.3) is 0 Å². The maximum Gasteiger partial charge on any atom is 0.136 e. The first-order chi connectivity index (χ1) is 5.33. The molecule has 0 aromatic carbocycles. The van der Waals surface area contributed by atoms with E-state index in [9.17, 15) is 4.79 Å². The molecule has 1 aliphatic carbocycles. The van der Waals surface area contributed by atoms with Gasteiger partial charge in [-0.05, 0) is 18.6 Å². The summed E-state index contributed by atoms with van der Waals surface area (Å²) >= 11 is 1.83. The molecule has 0 N–H and O–H groups in total. The van der Waals surface area contributed by atoms with Gasteiger partial charge in [-0.3, -0.25) is 0 Å². The largest absolute Gasteiger partial charge is 0.302 e. The lowest BCUT2D eigenvalue weighted by molar-refractivity contribution is -0.110. The van der Waals surface area contributed by atoms with Gasteiger partial charge in [0.15, 0.2) is 0 Å². The molecule has 2 heteroatoms. The highest BCUT2D eigenvalue weighted by Gasteiger charge is 2.31. The van der Waals surface area contributed by atoms with Crippen molar-refractivity contribution in [3.63, 3.8) is 0 Å². The average molecular weight is 172 g/mol. The minimum Gasteiger partial charge on any atom is -0.302 e. The summed E-state index contributed by atoms with van der Waals surface area (Å²) in [6.07, 6.45) is 7.20. The highest BCUT2D eigenvalue weighted by molar-refractivity contribution is 8.01. The SMILES string of the molecule is CCSC1(C=O)CCCCC1. The monoisotopic (exact) mass is 172 g/mol. The third kappa shape index (κ3) is 2.22. The van der Waals surface area contributed by atoms with Gasteiger partial charge in [0.05, 0.1) is 4.75 Å². The van der Waals surface area contributed by atoms with Crippen molar-refractivity contribution in [1.29, 1.82) is 0 Å². The minimum absolute atomic E-state index is 0.00694. The smallest absolute Gasteiger partial charge is 0.136 e. The summed E-state index contributed by atoms with van der Waals surface area (Å²) in [6, 6.07) is 0. The first-order valence-electron chi connectivity index (χ1n) is 4.43. The van der Waals surface area contributed by atoms with Crippen molar-refractivity contribution in [3.8, 4) is 0 Å². The number of carbonyl (C=O) groups is 1. The predicted molar refractivity (Wildman–Crippen MR) is 50.0 cm³/mol. The van der Waals surface area contributed by atoms with Crippen LogP contribution < -0.4 is 0 Å². The Morgan fingerprint density at radius 2 is 2.00 bits per heavy atom. The summed E-state index contributed by atoms with van der Waals surface area (Å²) in [4.78, 5) is 10.9. The molecule has 11 heavy (non-hydrogen) atoms. The van der Waals surface area contributed by atoms with Crippen molar-refractivity contribution in [1.82, 2.24) is 0 Å². The molecule has 0 radical (unpaired) electrons. The van der Waals surface area contributed by atoms with Crippen LogP contribution in [0.3, 0.4) is 0 Å². The Bertz CT molecular complexity index is 122. The van der Waals surface area contributed by atoms with Crippen LogP contribution in [-0.2, 0) is 4.79 Å². The predicted octanol–water partition coefficient (Wildman–Crippen LogP) is 2.64. The number of hydrogen-bond donors (Lipinski definition) is 0. The Kier molecular flexibility index (Phi) is 3.44. The highest BCUT2D eigenvalue weighted by atomic mass is 32.2. The lowest BCUT2D eigenvalue weighted by Gasteiger charge is -2.30. The minimum atomic E-state index is 0.00694. The van der Waals surface area contributed by atoms with Gasteiger partial charge in [0.2, 0.25) is 0 Å². The molecule has 0 atom stereocenters. The molecule has 0 aromatic heterocycles. The lowest BCUT2D eigenvalue weighted by atomic mass is 9.89. The van der Waals surface area contributed by atoms with E-state index in [1.165, 1.54) is 25.5 Å². The Morgan fingerprint density at radius 3 is 2.45 bits per heavy atom. The molecule has 0 unspecified atom stereocenters. The van der Waals surface area contributed by atoms with E-state index in [4.69, 9.17) is 0 Å². The van der Waals surface area contributed by atoms with E-state index in [0.717, 1.165) is 18.6 Å².